The van der Waals surface area contributed by atoms with E-state index in [1.807, 2.05) is 0 Å². The number of carbonyl (C=O) groups is 1. The fourth-order valence-electron chi connectivity index (χ4n) is 1.02. The summed E-state index contributed by atoms with van der Waals surface area (Å²) in [5, 5.41) is 0. The molecule has 82 valence electrons. The number of hydrogen-bond acceptors (Lipinski definition) is 3. The predicted octanol–water partition coefficient (Wildman–Crippen LogP) is 0.484. The molecule has 0 atom stereocenters. The molecule has 5 nitrogen and oxygen atoms in total. The Bertz CT molecular complexity index is 414. The van der Waals surface area contributed by atoms with Gasteiger partial charge in [-0.1, -0.05) is 0 Å². The van der Waals surface area contributed by atoms with Crippen LogP contribution in [0.15, 0.2) is 21.8 Å². The summed E-state index contributed by atoms with van der Waals surface area (Å²) < 4.78 is 1.81. The lowest BCUT2D eigenvalue weighted by atomic mass is 10.4. The zero-order chi connectivity index (χ0) is 11.4. The molecule has 0 N–H and O–H groups in total. The molecule has 1 rings (SSSR count). The molecule has 0 aliphatic rings. The quantitative estimate of drug-likeness (QED) is 0.805. The van der Waals surface area contributed by atoms with E-state index in [2.05, 4.69) is 20.9 Å². The first kappa shape index (κ1) is 11.9. The molecular weight excluding hydrogens is 262 g/mol. The van der Waals surface area contributed by atoms with E-state index in [1.165, 1.54) is 22.0 Å². The fourth-order valence-corrected chi connectivity index (χ4v) is 1.37. The van der Waals surface area contributed by atoms with Crippen molar-refractivity contribution in [3.63, 3.8) is 0 Å². The van der Waals surface area contributed by atoms with Crippen molar-refractivity contribution in [2.24, 2.45) is 0 Å². The summed E-state index contributed by atoms with van der Waals surface area (Å²) in [5.74, 6) is -0.0122. The Labute approximate surface area is 95.9 Å². The largest absolute Gasteiger partial charge is 0.349 e. The number of hydrogen-bond donors (Lipinski definition) is 0. The van der Waals surface area contributed by atoms with Crippen molar-refractivity contribution < 1.29 is 4.79 Å². The second-order valence-corrected chi connectivity index (χ2v) is 4.13. The standard InChI is InChI=1S/C9H12BrN3O2/c1-12(2)8(14)3-4-13-6-11-5-7(10)9(13)15/h5-6H,3-4H2,1-2H3. The van der Waals surface area contributed by atoms with Crippen molar-refractivity contribution in [1.29, 1.82) is 0 Å². The number of aromatic nitrogens is 2. The molecule has 1 aromatic heterocycles. The van der Waals surface area contributed by atoms with Gasteiger partial charge in [-0.15, -0.1) is 0 Å². The summed E-state index contributed by atoms with van der Waals surface area (Å²) in [6.07, 6.45) is 3.16. The molecular formula is C9H12BrN3O2. The topological polar surface area (TPSA) is 55.2 Å². The molecule has 0 bridgehead atoms. The fraction of sp³-hybridized carbons (Fsp3) is 0.444. The first-order valence-corrected chi connectivity index (χ1v) is 5.21. The zero-order valence-electron chi connectivity index (χ0n) is 8.61. The van der Waals surface area contributed by atoms with Crippen LogP contribution in [0.1, 0.15) is 6.42 Å². The molecule has 1 heterocycles. The summed E-state index contributed by atoms with van der Waals surface area (Å²) >= 11 is 3.09. The van der Waals surface area contributed by atoms with Gasteiger partial charge in [-0.3, -0.25) is 14.2 Å². The van der Waals surface area contributed by atoms with Gasteiger partial charge in [-0.2, -0.15) is 0 Å². The number of carbonyl (C=O) groups excluding carboxylic acids is 1. The molecule has 0 unspecified atom stereocenters. The Balaban J connectivity index is 2.70. The normalized spacial score (nSPS) is 10.1. The van der Waals surface area contributed by atoms with Gasteiger partial charge in [0.15, 0.2) is 0 Å². The summed E-state index contributed by atoms with van der Waals surface area (Å²) in [4.78, 5) is 28.1. The van der Waals surface area contributed by atoms with Crippen LogP contribution in [-0.2, 0) is 11.3 Å². The van der Waals surface area contributed by atoms with Crippen LogP contribution in [0.25, 0.3) is 0 Å². The van der Waals surface area contributed by atoms with Crippen molar-refractivity contribution in [2.75, 3.05) is 14.1 Å². The first-order chi connectivity index (χ1) is 7.02. The number of halogens is 1. The van der Waals surface area contributed by atoms with E-state index in [9.17, 15) is 9.59 Å². The molecule has 0 spiro atoms. The van der Waals surface area contributed by atoms with Crippen molar-refractivity contribution in [3.05, 3.63) is 27.4 Å². The Hall–Kier alpha value is -1.17. The van der Waals surface area contributed by atoms with E-state index in [4.69, 9.17) is 0 Å². The zero-order valence-corrected chi connectivity index (χ0v) is 10.2. The second kappa shape index (κ2) is 5.06. The lowest BCUT2D eigenvalue weighted by Crippen LogP contribution is -2.26. The van der Waals surface area contributed by atoms with E-state index < -0.39 is 0 Å². The molecule has 1 amide bonds. The van der Waals surface area contributed by atoms with Crippen molar-refractivity contribution in [3.8, 4) is 0 Å². The third-order valence-electron chi connectivity index (χ3n) is 1.92. The highest BCUT2D eigenvalue weighted by Crippen LogP contribution is 1.99. The monoisotopic (exact) mass is 273 g/mol. The van der Waals surface area contributed by atoms with Crippen LogP contribution in [0.3, 0.4) is 0 Å². The van der Waals surface area contributed by atoms with Crippen molar-refractivity contribution in [2.45, 2.75) is 13.0 Å². The molecule has 0 aromatic carbocycles. The molecule has 0 saturated heterocycles. The highest BCUT2D eigenvalue weighted by Gasteiger charge is 2.06. The Morgan fingerprint density at radius 3 is 2.87 bits per heavy atom. The van der Waals surface area contributed by atoms with Gasteiger partial charge < -0.3 is 4.90 Å². The maximum Gasteiger partial charge on any atom is 0.267 e. The molecule has 15 heavy (non-hydrogen) atoms. The van der Waals surface area contributed by atoms with Gasteiger partial charge in [0, 0.05) is 33.3 Å². The molecule has 0 fully saturated rings. The Morgan fingerprint density at radius 1 is 1.60 bits per heavy atom. The summed E-state index contributed by atoms with van der Waals surface area (Å²) in [6, 6.07) is 0. The number of rotatable bonds is 3. The average molecular weight is 274 g/mol. The maximum atomic E-state index is 11.5. The van der Waals surface area contributed by atoms with E-state index in [0.717, 1.165) is 0 Å². The predicted molar refractivity (Wildman–Crippen MR) is 59.5 cm³/mol. The van der Waals surface area contributed by atoms with E-state index in [-0.39, 0.29) is 11.5 Å². The van der Waals surface area contributed by atoms with Gasteiger partial charge in [0.1, 0.15) is 4.47 Å². The third kappa shape index (κ3) is 3.16. The highest BCUT2D eigenvalue weighted by molar-refractivity contribution is 9.10. The van der Waals surface area contributed by atoms with Crippen LogP contribution in [0, 0.1) is 0 Å². The summed E-state index contributed by atoms with van der Waals surface area (Å²) in [7, 11) is 3.37. The molecule has 0 aliphatic carbocycles. The van der Waals surface area contributed by atoms with Crippen LogP contribution in [0.2, 0.25) is 0 Å². The lowest BCUT2D eigenvalue weighted by Gasteiger charge is -2.10. The van der Waals surface area contributed by atoms with Crippen LogP contribution in [0.5, 0.6) is 0 Å². The van der Waals surface area contributed by atoms with Crippen molar-refractivity contribution >= 4 is 21.8 Å². The Morgan fingerprint density at radius 2 is 2.27 bits per heavy atom. The van der Waals surface area contributed by atoms with Crippen LogP contribution >= 0.6 is 15.9 Å². The van der Waals surface area contributed by atoms with Gasteiger partial charge in [-0.25, -0.2) is 4.98 Å². The minimum absolute atomic E-state index is 0.0122. The van der Waals surface area contributed by atoms with Crippen LogP contribution in [0.4, 0.5) is 0 Å². The van der Waals surface area contributed by atoms with E-state index >= 15 is 0 Å². The summed E-state index contributed by atoms with van der Waals surface area (Å²) in [6.45, 7) is 0.349. The van der Waals surface area contributed by atoms with Crippen molar-refractivity contribution in [1.82, 2.24) is 14.5 Å². The lowest BCUT2D eigenvalue weighted by molar-refractivity contribution is -0.128. The molecule has 0 aliphatic heterocycles. The number of aryl methyl sites for hydroxylation is 1. The summed E-state index contributed by atoms with van der Waals surface area (Å²) in [5.41, 5.74) is -0.170. The second-order valence-electron chi connectivity index (χ2n) is 3.28. The van der Waals surface area contributed by atoms with Gasteiger partial charge in [0.05, 0.1) is 6.33 Å². The number of nitrogens with zero attached hydrogens (tertiary/aromatic N) is 3. The van der Waals surface area contributed by atoms with E-state index in [1.54, 1.807) is 14.1 Å². The average Bonchev–Trinajstić information content (AvgIpc) is 2.19. The van der Waals surface area contributed by atoms with Gasteiger partial charge in [-0.05, 0) is 15.9 Å². The molecule has 1 aromatic rings. The first-order valence-electron chi connectivity index (χ1n) is 4.42. The smallest absolute Gasteiger partial charge is 0.267 e. The molecule has 0 saturated carbocycles. The Kier molecular flexibility index (Phi) is 4.02. The third-order valence-corrected chi connectivity index (χ3v) is 2.47. The highest BCUT2D eigenvalue weighted by atomic mass is 79.9. The van der Waals surface area contributed by atoms with Gasteiger partial charge in [0.25, 0.3) is 5.56 Å². The SMILES string of the molecule is CN(C)C(=O)CCn1cncc(Br)c1=O. The maximum absolute atomic E-state index is 11.5. The van der Waals surface area contributed by atoms with Gasteiger partial charge >= 0.3 is 0 Å². The molecule has 0 radical (unpaired) electrons. The minimum Gasteiger partial charge on any atom is -0.349 e. The minimum atomic E-state index is -0.170. The van der Waals surface area contributed by atoms with Gasteiger partial charge in [0.2, 0.25) is 5.91 Å². The molecule has 6 heteroatoms. The van der Waals surface area contributed by atoms with E-state index in [0.29, 0.717) is 17.4 Å². The number of amides is 1. The van der Waals surface area contributed by atoms with Crippen LogP contribution < -0.4 is 5.56 Å². The van der Waals surface area contributed by atoms with Crippen LogP contribution in [-0.4, -0.2) is 34.5 Å².